The quantitative estimate of drug-likeness (QED) is 0.593. The molecule has 80 valence electrons. The molecule has 0 aliphatic carbocycles. The average molecular weight is 203 g/mol. The summed E-state index contributed by atoms with van der Waals surface area (Å²) in [6, 6.07) is 0.789. The van der Waals surface area contributed by atoms with Crippen LogP contribution < -0.4 is 0 Å². The van der Waals surface area contributed by atoms with E-state index in [2.05, 4.69) is 38.3 Å². The Balaban J connectivity index is 3.84. The van der Waals surface area contributed by atoms with Gasteiger partial charge in [0.15, 0.2) is 0 Å². The molecule has 1 nitrogen and oxygen atoms in total. The van der Waals surface area contributed by atoms with Crippen LogP contribution in [-0.4, -0.2) is 29.8 Å². The van der Waals surface area contributed by atoms with E-state index in [1.54, 1.807) is 0 Å². The van der Waals surface area contributed by atoms with E-state index in [1.807, 2.05) is 0 Å². The topological polar surface area (TPSA) is 3.24 Å². The summed E-state index contributed by atoms with van der Waals surface area (Å²) < 4.78 is 0. The van der Waals surface area contributed by atoms with E-state index in [4.69, 9.17) is 0 Å². The summed E-state index contributed by atoms with van der Waals surface area (Å²) in [6.07, 6.45) is 5.31. The molecule has 1 unspecified atom stereocenters. The number of nitrogens with zero attached hydrogens (tertiary/aromatic N) is 1. The summed E-state index contributed by atoms with van der Waals surface area (Å²) in [5.41, 5.74) is 0. The van der Waals surface area contributed by atoms with Crippen molar-refractivity contribution in [3.63, 3.8) is 0 Å². The van der Waals surface area contributed by atoms with Crippen LogP contribution in [0, 0.1) is 0 Å². The lowest BCUT2D eigenvalue weighted by Gasteiger charge is -2.29. The molecule has 0 aliphatic rings. The van der Waals surface area contributed by atoms with Crippen LogP contribution >= 0.6 is 12.6 Å². The Labute approximate surface area is 89.3 Å². The largest absolute Gasteiger partial charge is 0.300 e. The molecule has 0 N–H and O–H groups in total. The Kier molecular flexibility index (Phi) is 9.10. The van der Waals surface area contributed by atoms with E-state index in [9.17, 15) is 0 Å². The molecule has 0 aliphatic heterocycles. The summed E-state index contributed by atoms with van der Waals surface area (Å²) >= 11 is 4.30. The fourth-order valence-electron chi connectivity index (χ4n) is 1.81. The highest BCUT2D eigenvalue weighted by Crippen LogP contribution is 2.12. The Hall–Kier alpha value is 0.310. The monoisotopic (exact) mass is 203 g/mol. The normalized spacial score (nSPS) is 13.6. The zero-order chi connectivity index (χ0) is 10.1. The van der Waals surface area contributed by atoms with Crippen LogP contribution in [0.25, 0.3) is 0 Å². The Bertz CT molecular complexity index is 106. The molecule has 0 rings (SSSR count). The van der Waals surface area contributed by atoms with Crippen molar-refractivity contribution in [2.24, 2.45) is 0 Å². The van der Waals surface area contributed by atoms with Gasteiger partial charge in [0.1, 0.15) is 0 Å². The minimum absolute atomic E-state index is 0.789. The van der Waals surface area contributed by atoms with Crippen LogP contribution in [-0.2, 0) is 0 Å². The lowest BCUT2D eigenvalue weighted by molar-refractivity contribution is 0.199. The minimum Gasteiger partial charge on any atom is -0.300 e. The zero-order valence-corrected chi connectivity index (χ0v) is 10.3. The summed E-state index contributed by atoms with van der Waals surface area (Å²) in [5, 5.41) is 0. The van der Waals surface area contributed by atoms with Crippen LogP contribution in [0.5, 0.6) is 0 Å². The van der Waals surface area contributed by atoms with Crippen LogP contribution in [0.4, 0.5) is 0 Å². The molecule has 0 aromatic rings. The van der Waals surface area contributed by atoms with E-state index in [-0.39, 0.29) is 0 Å². The first-order valence-electron chi connectivity index (χ1n) is 5.64. The number of unbranched alkanes of at least 4 members (excludes halogenated alkanes) is 1. The predicted molar refractivity (Wildman–Crippen MR) is 64.7 cm³/mol. The van der Waals surface area contributed by atoms with Crippen molar-refractivity contribution in [1.29, 1.82) is 0 Å². The molecular formula is C11H25NS. The van der Waals surface area contributed by atoms with Gasteiger partial charge in [-0.15, -0.1) is 0 Å². The maximum Gasteiger partial charge on any atom is 0.00928 e. The number of thiol groups is 1. The van der Waals surface area contributed by atoms with Gasteiger partial charge in [-0.05, 0) is 19.4 Å². The second-order valence-corrected chi connectivity index (χ2v) is 4.00. The van der Waals surface area contributed by atoms with Gasteiger partial charge in [-0.25, -0.2) is 0 Å². The molecule has 0 bridgehead atoms. The lowest BCUT2D eigenvalue weighted by atomic mass is 10.1. The molecule has 0 saturated heterocycles. The second kappa shape index (κ2) is 8.89. The zero-order valence-electron chi connectivity index (χ0n) is 9.42. The summed E-state index contributed by atoms with van der Waals surface area (Å²) in [4.78, 5) is 2.56. The van der Waals surface area contributed by atoms with Crippen LogP contribution in [0.2, 0.25) is 0 Å². The standard InChI is InChI=1S/C11H25NS/c1-4-7-8-11(5-2)12(6-3)9-10-13/h11,13H,4-10H2,1-3H3. The molecule has 2 heteroatoms. The van der Waals surface area contributed by atoms with E-state index >= 15 is 0 Å². The van der Waals surface area contributed by atoms with Gasteiger partial charge < -0.3 is 0 Å². The predicted octanol–water partition coefficient (Wildman–Crippen LogP) is 3.21. The average Bonchev–Trinajstić information content (AvgIpc) is 2.17. The molecule has 0 aromatic heterocycles. The Morgan fingerprint density at radius 1 is 1.23 bits per heavy atom. The van der Waals surface area contributed by atoms with Crippen molar-refractivity contribution in [1.82, 2.24) is 4.90 Å². The third-order valence-corrected chi connectivity index (χ3v) is 2.87. The van der Waals surface area contributed by atoms with Crippen molar-refractivity contribution in [3.05, 3.63) is 0 Å². The second-order valence-electron chi connectivity index (χ2n) is 3.56. The first-order chi connectivity index (χ1) is 6.29. The van der Waals surface area contributed by atoms with Crippen molar-refractivity contribution in [2.75, 3.05) is 18.8 Å². The first-order valence-corrected chi connectivity index (χ1v) is 6.28. The highest BCUT2D eigenvalue weighted by Gasteiger charge is 2.12. The van der Waals surface area contributed by atoms with Crippen LogP contribution in [0.3, 0.4) is 0 Å². The molecule has 0 fully saturated rings. The van der Waals surface area contributed by atoms with E-state index in [0.717, 1.165) is 18.3 Å². The van der Waals surface area contributed by atoms with Crippen molar-refractivity contribution >= 4 is 12.6 Å². The van der Waals surface area contributed by atoms with E-state index < -0.39 is 0 Å². The molecule has 0 heterocycles. The maximum atomic E-state index is 4.30. The van der Waals surface area contributed by atoms with E-state index in [1.165, 1.54) is 32.2 Å². The van der Waals surface area contributed by atoms with Crippen molar-refractivity contribution in [3.8, 4) is 0 Å². The lowest BCUT2D eigenvalue weighted by Crippen LogP contribution is -2.36. The SMILES string of the molecule is CCCCC(CC)N(CC)CCS. The van der Waals surface area contributed by atoms with Gasteiger partial charge in [-0.2, -0.15) is 12.6 Å². The number of hydrogen-bond acceptors (Lipinski definition) is 2. The molecule has 1 atom stereocenters. The van der Waals surface area contributed by atoms with Crippen LogP contribution in [0.15, 0.2) is 0 Å². The Morgan fingerprint density at radius 2 is 1.92 bits per heavy atom. The summed E-state index contributed by atoms with van der Waals surface area (Å²) in [7, 11) is 0. The summed E-state index contributed by atoms with van der Waals surface area (Å²) in [6.45, 7) is 9.12. The van der Waals surface area contributed by atoms with Gasteiger partial charge in [0.25, 0.3) is 0 Å². The molecule has 0 spiro atoms. The van der Waals surface area contributed by atoms with Gasteiger partial charge in [0, 0.05) is 18.3 Å². The highest BCUT2D eigenvalue weighted by molar-refractivity contribution is 7.80. The maximum absolute atomic E-state index is 4.30. The van der Waals surface area contributed by atoms with Crippen LogP contribution in [0.1, 0.15) is 46.5 Å². The van der Waals surface area contributed by atoms with Crippen molar-refractivity contribution in [2.45, 2.75) is 52.5 Å². The van der Waals surface area contributed by atoms with Crippen molar-refractivity contribution < 1.29 is 0 Å². The molecule has 13 heavy (non-hydrogen) atoms. The summed E-state index contributed by atoms with van der Waals surface area (Å²) in [5.74, 6) is 0.983. The van der Waals surface area contributed by atoms with Gasteiger partial charge >= 0.3 is 0 Å². The molecule has 0 amide bonds. The molecular weight excluding hydrogens is 178 g/mol. The minimum atomic E-state index is 0.789. The molecule has 0 aromatic carbocycles. The van der Waals surface area contributed by atoms with Gasteiger partial charge in [0.05, 0.1) is 0 Å². The van der Waals surface area contributed by atoms with E-state index in [0.29, 0.717) is 0 Å². The number of hydrogen-bond donors (Lipinski definition) is 1. The van der Waals surface area contributed by atoms with Gasteiger partial charge in [0.2, 0.25) is 0 Å². The molecule has 0 radical (unpaired) electrons. The third kappa shape index (κ3) is 5.58. The smallest absolute Gasteiger partial charge is 0.00928 e. The number of rotatable bonds is 8. The van der Waals surface area contributed by atoms with Gasteiger partial charge in [-0.3, -0.25) is 4.90 Å². The Morgan fingerprint density at radius 3 is 2.31 bits per heavy atom. The first kappa shape index (κ1) is 13.3. The molecule has 0 saturated carbocycles. The highest BCUT2D eigenvalue weighted by atomic mass is 32.1. The third-order valence-electron chi connectivity index (χ3n) is 2.67. The van der Waals surface area contributed by atoms with Gasteiger partial charge in [-0.1, -0.05) is 33.6 Å². The fraction of sp³-hybridized carbons (Fsp3) is 1.00. The fourth-order valence-corrected chi connectivity index (χ4v) is 2.07.